The molecule has 4 heteroatoms. The topological polar surface area (TPSA) is 63.6 Å². The van der Waals surface area contributed by atoms with Gasteiger partial charge in [0.05, 0.1) is 0 Å². The molecule has 0 aromatic heterocycles. The first-order chi connectivity index (χ1) is 14.6. The van der Waals surface area contributed by atoms with E-state index in [1.807, 2.05) is 25.2 Å². The summed E-state index contributed by atoms with van der Waals surface area (Å²) in [5.41, 5.74) is 5.46. The van der Waals surface area contributed by atoms with E-state index >= 15 is 0 Å². The molecule has 0 atom stereocenters. The molecule has 0 unspecified atom stereocenters. The fourth-order valence-electron chi connectivity index (χ4n) is 3.76. The summed E-state index contributed by atoms with van der Waals surface area (Å²) in [6.45, 7) is 11.2. The van der Waals surface area contributed by atoms with Gasteiger partial charge in [-0.2, -0.15) is 0 Å². The number of esters is 1. The number of unbranched alkanes of at least 4 members (excludes halogenated alkanes) is 2. The molecule has 0 radical (unpaired) electrons. The van der Waals surface area contributed by atoms with Crippen LogP contribution in [-0.2, 0) is 14.3 Å². The Bertz CT molecular complexity index is 760. The van der Waals surface area contributed by atoms with Gasteiger partial charge in [-0.05, 0) is 69.9 Å². The molecule has 0 amide bonds. The lowest BCUT2D eigenvalue weighted by atomic mass is 9.72. The molecule has 0 aliphatic heterocycles. The summed E-state index contributed by atoms with van der Waals surface area (Å²) >= 11 is 0. The molecule has 1 N–H and O–H groups in total. The van der Waals surface area contributed by atoms with Crippen LogP contribution in [0, 0.1) is 5.41 Å². The van der Waals surface area contributed by atoms with Crippen molar-refractivity contribution in [2.45, 2.75) is 86.0 Å². The summed E-state index contributed by atoms with van der Waals surface area (Å²) in [7, 11) is 0. The number of hydrogen-bond acceptors (Lipinski definition) is 3. The van der Waals surface area contributed by atoms with Gasteiger partial charge in [0.1, 0.15) is 6.61 Å². The van der Waals surface area contributed by atoms with E-state index in [4.69, 9.17) is 9.84 Å². The van der Waals surface area contributed by atoms with Crippen molar-refractivity contribution < 1.29 is 19.4 Å². The zero-order valence-electron chi connectivity index (χ0n) is 20.0. The number of allylic oxidation sites excluding steroid dienone is 9. The number of carbonyl (C=O) groups is 2. The lowest BCUT2D eigenvalue weighted by molar-refractivity contribution is -0.142. The summed E-state index contributed by atoms with van der Waals surface area (Å²) < 4.78 is 5.21. The van der Waals surface area contributed by atoms with Gasteiger partial charge in [0.2, 0.25) is 0 Å². The minimum atomic E-state index is -0.794. The lowest BCUT2D eigenvalue weighted by Gasteiger charge is -2.32. The van der Waals surface area contributed by atoms with Crippen molar-refractivity contribution in [1.29, 1.82) is 0 Å². The third-order valence-corrected chi connectivity index (χ3v) is 5.69. The molecule has 172 valence electrons. The molecule has 4 nitrogen and oxygen atoms in total. The van der Waals surface area contributed by atoms with Crippen molar-refractivity contribution in [3.63, 3.8) is 0 Å². The predicted molar refractivity (Wildman–Crippen MR) is 128 cm³/mol. The number of ether oxygens (including phenoxy) is 1. The second kappa shape index (κ2) is 13.8. The van der Waals surface area contributed by atoms with E-state index in [1.54, 1.807) is 0 Å². The maximum atomic E-state index is 11.7. The first-order valence-electron chi connectivity index (χ1n) is 11.4. The lowest BCUT2D eigenvalue weighted by Crippen LogP contribution is -2.19. The molecule has 1 rings (SSSR count). The molecule has 0 saturated heterocycles. The Morgan fingerprint density at radius 3 is 2.45 bits per heavy atom. The molecule has 0 saturated carbocycles. The van der Waals surface area contributed by atoms with Crippen LogP contribution >= 0.6 is 0 Å². The Morgan fingerprint density at radius 2 is 1.77 bits per heavy atom. The van der Waals surface area contributed by atoms with E-state index < -0.39 is 5.97 Å². The molecule has 0 aromatic rings. The number of rotatable bonds is 12. The zero-order chi connectivity index (χ0) is 23.3. The van der Waals surface area contributed by atoms with Crippen molar-refractivity contribution in [3.8, 4) is 0 Å². The Kier molecular flexibility index (Phi) is 11.9. The van der Waals surface area contributed by atoms with E-state index in [2.05, 4.69) is 45.9 Å². The summed E-state index contributed by atoms with van der Waals surface area (Å²) in [5, 5.41) is 8.58. The molecular formula is C27H40O4. The largest absolute Gasteiger partial charge is 0.481 e. The highest BCUT2D eigenvalue weighted by molar-refractivity contribution is 5.69. The fraction of sp³-hybridized carbons (Fsp3) is 0.556. The van der Waals surface area contributed by atoms with Crippen molar-refractivity contribution in [2.24, 2.45) is 5.41 Å². The maximum Gasteiger partial charge on any atom is 0.306 e. The standard InChI is InChI=1S/C27H40O4/c1-21(16-17-24-23(3)13-10-19-27(24,4)5)11-9-12-22(2)18-20-31-26(30)15-8-6-7-14-25(28)29/h9,11-12,16-18H,6-8,10,13-15,19-20H2,1-5H3,(H,28,29). The fourth-order valence-corrected chi connectivity index (χ4v) is 3.76. The third kappa shape index (κ3) is 11.6. The van der Waals surface area contributed by atoms with Gasteiger partial charge in [-0.15, -0.1) is 0 Å². The molecule has 0 spiro atoms. The molecule has 0 heterocycles. The highest BCUT2D eigenvalue weighted by Crippen LogP contribution is 2.40. The van der Waals surface area contributed by atoms with Gasteiger partial charge in [0.25, 0.3) is 0 Å². The van der Waals surface area contributed by atoms with Crippen LogP contribution in [0.2, 0.25) is 0 Å². The normalized spacial score (nSPS) is 17.6. The van der Waals surface area contributed by atoms with Crippen LogP contribution in [0.1, 0.15) is 86.0 Å². The van der Waals surface area contributed by atoms with Gasteiger partial charge >= 0.3 is 11.9 Å². The number of carboxylic acids is 1. The SMILES string of the molecule is CC(C=CC1=C(C)CCCC1(C)C)=CC=CC(C)=CCOC(=O)CCCCCC(=O)O. The highest BCUT2D eigenvalue weighted by Gasteiger charge is 2.26. The summed E-state index contributed by atoms with van der Waals surface area (Å²) in [6, 6.07) is 0. The van der Waals surface area contributed by atoms with Crippen molar-refractivity contribution >= 4 is 11.9 Å². The van der Waals surface area contributed by atoms with E-state index in [9.17, 15) is 9.59 Å². The van der Waals surface area contributed by atoms with Crippen molar-refractivity contribution in [3.05, 3.63) is 58.7 Å². The second-order valence-electron chi connectivity index (χ2n) is 9.12. The summed E-state index contributed by atoms with van der Waals surface area (Å²) in [6.07, 6.45) is 18.7. The van der Waals surface area contributed by atoms with Gasteiger partial charge in [-0.3, -0.25) is 9.59 Å². The van der Waals surface area contributed by atoms with E-state index in [1.165, 1.54) is 36.0 Å². The van der Waals surface area contributed by atoms with Crippen LogP contribution in [0.5, 0.6) is 0 Å². The molecule has 1 aliphatic rings. The second-order valence-corrected chi connectivity index (χ2v) is 9.12. The van der Waals surface area contributed by atoms with Crippen LogP contribution in [0.15, 0.2) is 58.7 Å². The highest BCUT2D eigenvalue weighted by atomic mass is 16.5. The van der Waals surface area contributed by atoms with Crippen LogP contribution < -0.4 is 0 Å². The minimum absolute atomic E-state index is 0.155. The predicted octanol–water partition coefficient (Wildman–Crippen LogP) is 7.10. The Balaban J connectivity index is 2.40. The van der Waals surface area contributed by atoms with E-state index in [0.717, 1.165) is 12.0 Å². The maximum absolute atomic E-state index is 11.7. The quantitative estimate of drug-likeness (QED) is 0.205. The molecular weight excluding hydrogens is 388 g/mol. The smallest absolute Gasteiger partial charge is 0.306 e. The van der Waals surface area contributed by atoms with Gasteiger partial charge < -0.3 is 9.84 Å². The average Bonchev–Trinajstić information content (AvgIpc) is 2.66. The minimum Gasteiger partial charge on any atom is -0.481 e. The molecule has 0 fully saturated rings. The average molecular weight is 429 g/mol. The number of carbonyl (C=O) groups excluding carboxylic acids is 1. The van der Waals surface area contributed by atoms with Crippen molar-refractivity contribution in [1.82, 2.24) is 0 Å². The first kappa shape index (κ1) is 26.7. The zero-order valence-corrected chi connectivity index (χ0v) is 20.0. The molecule has 1 aliphatic carbocycles. The molecule has 0 aromatic carbocycles. The molecule has 0 bridgehead atoms. The van der Waals surface area contributed by atoms with Crippen LogP contribution in [-0.4, -0.2) is 23.7 Å². The monoisotopic (exact) mass is 428 g/mol. The van der Waals surface area contributed by atoms with E-state index in [-0.39, 0.29) is 24.4 Å². The van der Waals surface area contributed by atoms with Crippen LogP contribution in [0.25, 0.3) is 0 Å². The number of carboxylic acid groups (broad SMARTS) is 1. The van der Waals surface area contributed by atoms with Crippen LogP contribution in [0.4, 0.5) is 0 Å². The summed E-state index contributed by atoms with van der Waals surface area (Å²) in [5.74, 6) is -1.03. The number of aliphatic carboxylic acids is 1. The molecule has 31 heavy (non-hydrogen) atoms. The number of hydrogen-bond donors (Lipinski definition) is 1. The van der Waals surface area contributed by atoms with E-state index in [0.29, 0.717) is 19.3 Å². The van der Waals surface area contributed by atoms with Gasteiger partial charge in [-0.1, -0.05) is 67.4 Å². The van der Waals surface area contributed by atoms with Crippen molar-refractivity contribution in [2.75, 3.05) is 6.61 Å². The van der Waals surface area contributed by atoms with Crippen LogP contribution in [0.3, 0.4) is 0 Å². The Labute approximate surface area is 188 Å². The van der Waals surface area contributed by atoms with Gasteiger partial charge in [0.15, 0.2) is 0 Å². The van der Waals surface area contributed by atoms with Gasteiger partial charge in [0, 0.05) is 12.8 Å². The Hall–Kier alpha value is -2.36. The Morgan fingerprint density at radius 1 is 1.06 bits per heavy atom. The summed E-state index contributed by atoms with van der Waals surface area (Å²) in [4.78, 5) is 22.1. The first-order valence-corrected chi connectivity index (χ1v) is 11.4. The third-order valence-electron chi connectivity index (χ3n) is 5.69. The van der Waals surface area contributed by atoms with Gasteiger partial charge in [-0.25, -0.2) is 0 Å².